The van der Waals surface area contributed by atoms with Crippen molar-refractivity contribution in [2.75, 3.05) is 0 Å². The lowest BCUT2D eigenvalue weighted by Crippen LogP contribution is -1.88. The molecule has 0 unspecified atom stereocenters. The molecule has 3 aromatic rings. The first kappa shape index (κ1) is 15.0. The first-order valence-electron chi connectivity index (χ1n) is 6.26. The number of nitrogens with zero attached hydrogens (tertiary/aromatic N) is 1. The van der Waals surface area contributed by atoms with Crippen molar-refractivity contribution in [2.24, 2.45) is 0 Å². The zero-order chi connectivity index (χ0) is 14.8. The monoisotopic (exact) mass is 353 g/mol. The number of fused-ring (bicyclic) bond motifs is 1. The van der Waals surface area contributed by atoms with Crippen LogP contribution < -0.4 is 0 Å². The van der Waals surface area contributed by atoms with E-state index in [2.05, 4.69) is 11.1 Å². The number of rotatable bonds is 3. The minimum Gasteiger partial charge on any atom is -0.241 e. The van der Waals surface area contributed by atoms with Crippen LogP contribution in [0.4, 0.5) is 0 Å². The Bertz CT molecular complexity index is 805. The van der Waals surface area contributed by atoms with E-state index in [1.807, 2.05) is 30.3 Å². The molecule has 0 atom stereocenters. The van der Waals surface area contributed by atoms with Gasteiger partial charge in [0.1, 0.15) is 0 Å². The van der Waals surface area contributed by atoms with E-state index >= 15 is 0 Å². The summed E-state index contributed by atoms with van der Waals surface area (Å²) >= 11 is 20.0. The van der Waals surface area contributed by atoms with Crippen LogP contribution in [0.3, 0.4) is 0 Å². The molecule has 106 valence electrons. The highest BCUT2D eigenvalue weighted by Crippen LogP contribution is 2.35. The Labute approximate surface area is 142 Å². The van der Waals surface area contributed by atoms with Crippen LogP contribution >= 0.6 is 46.6 Å². The minimum atomic E-state index is 0.512. The van der Waals surface area contributed by atoms with Gasteiger partial charge in [-0.15, -0.1) is 11.8 Å². The molecule has 0 N–H and O–H groups in total. The summed E-state index contributed by atoms with van der Waals surface area (Å²) in [5.41, 5.74) is 1.82. The molecule has 1 heterocycles. The van der Waals surface area contributed by atoms with Gasteiger partial charge in [0, 0.05) is 21.7 Å². The maximum atomic E-state index is 6.21. The van der Waals surface area contributed by atoms with Crippen molar-refractivity contribution in [3.8, 4) is 0 Å². The molecule has 0 bridgehead atoms. The van der Waals surface area contributed by atoms with Crippen LogP contribution in [0.5, 0.6) is 0 Å². The number of benzene rings is 2. The Morgan fingerprint density at radius 2 is 1.62 bits per heavy atom. The SMILES string of the molecule is Clc1ccc(Cl)c(CSc2ccc3ccccc3n2)c1Cl. The number of para-hydroxylation sites is 1. The zero-order valence-corrected chi connectivity index (χ0v) is 13.9. The van der Waals surface area contributed by atoms with E-state index in [0.717, 1.165) is 21.5 Å². The van der Waals surface area contributed by atoms with E-state index in [-0.39, 0.29) is 0 Å². The summed E-state index contributed by atoms with van der Waals surface area (Å²) in [6.45, 7) is 0. The Balaban J connectivity index is 1.85. The van der Waals surface area contributed by atoms with Crippen molar-refractivity contribution in [3.63, 3.8) is 0 Å². The summed E-state index contributed by atoms with van der Waals surface area (Å²) in [5, 5.41) is 3.71. The number of aromatic nitrogens is 1. The van der Waals surface area contributed by atoms with Crippen LogP contribution in [0.2, 0.25) is 15.1 Å². The van der Waals surface area contributed by atoms with Crippen molar-refractivity contribution in [1.29, 1.82) is 0 Å². The Hall–Kier alpha value is -0.930. The van der Waals surface area contributed by atoms with E-state index < -0.39 is 0 Å². The van der Waals surface area contributed by atoms with Crippen LogP contribution in [0.1, 0.15) is 5.56 Å². The topological polar surface area (TPSA) is 12.9 Å². The van der Waals surface area contributed by atoms with Gasteiger partial charge < -0.3 is 0 Å². The average Bonchev–Trinajstić information content (AvgIpc) is 2.51. The van der Waals surface area contributed by atoms with Gasteiger partial charge in [-0.3, -0.25) is 0 Å². The molecular weight excluding hydrogens is 345 g/mol. The maximum Gasteiger partial charge on any atom is 0.0970 e. The minimum absolute atomic E-state index is 0.512. The van der Waals surface area contributed by atoms with Gasteiger partial charge in [0.2, 0.25) is 0 Å². The molecule has 0 amide bonds. The lowest BCUT2D eigenvalue weighted by atomic mass is 10.2. The molecule has 0 aliphatic rings. The summed E-state index contributed by atoms with van der Waals surface area (Å²) in [6.07, 6.45) is 0. The van der Waals surface area contributed by atoms with Gasteiger partial charge in [-0.2, -0.15) is 0 Å². The molecule has 0 aliphatic carbocycles. The largest absolute Gasteiger partial charge is 0.241 e. The number of hydrogen-bond donors (Lipinski definition) is 0. The molecule has 5 heteroatoms. The summed E-state index contributed by atoms with van der Waals surface area (Å²) in [4.78, 5) is 4.62. The molecule has 3 rings (SSSR count). The molecule has 0 saturated carbocycles. The second-order valence-corrected chi connectivity index (χ2v) is 6.64. The fraction of sp³-hybridized carbons (Fsp3) is 0.0625. The summed E-state index contributed by atoms with van der Waals surface area (Å²) in [7, 11) is 0. The fourth-order valence-electron chi connectivity index (χ4n) is 1.98. The molecule has 21 heavy (non-hydrogen) atoms. The van der Waals surface area contributed by atoms with Crippen molar-refractivity contribution in [2.45, 2.75) is 10.8 Å². The van der Waals surface area contributed by atoms with Crippen LogP contribution in [0.15, 0.2) is 53.6 Å². The van der Waals surface area contributed by atoms with Crippen LogP contribution in [-0.2, 0) is 5.75 Å². The lowest BCUT2D eigenvalue weighted by Gasteiger charge is -2.08. The summed E-state index contributed by atoms with van der Waals surface area (Å²) in [5.74, 6) is 0.629. The predicted molar refractivity (Wildman–Crippen MR) is 92.8 cm³/mol. The van der Waals surface area contributed by atoms with Gasteiger partial charge in [0.25, 0.3) is 0 Å². The smallest absolute Gasteiger partial charge is 0.0970 e. The van der Waals surface area contributed by atoms with Gasteiger partial charge >= 0.3 is 0 Å². The number of halogens is 3. The summed E-state index contributed by atoms with van der Waals surface area (Å²) in [6, 6.07) is 15.6. The van der Waals surface area contributed by atoms with E-state index in [4.69, 9.17) is 34.8 Å². The molecule has 0 radical (unpaired) electrons. The van der Waals surface area contributed by atoms with E-state index in [9.17, 15) is 0 Å². The van der Waals surface area contributed by atoms with Crippen LogP contribution in [-0.4, -0.2) is 4.98 Å². The molecule has 1 aromatic heterocycles. The third kappa shape index (κ3) is 3.29. The highest BCUT2D eigenvalue weighted by molar-refractivity contribution is 7.98. The number of hydrogen-bond acceptors (Lipinski definition) is 2. The molecule has 0 aliphatic heterocycles. The Kier molecular flexibility index (Phi) is 4.60. The highest BCUT2D eigenvalue weighted by Gasteiger charge is 2.10. The third-order valence-electron chi connectivity index (χ3n) is 3.08. The second-order valence-electron chi connectivity index (χ2n) is 4.45. The van der Waals surface area contributed by atoms with E-state index in [1.54, 1.807) is 23.9 Å². The quantitative estimate of drug-likeness (QED) is 0.394. The number of thioether (sulfide) groups is 1. The lowest BCUT2D eigenvalue weighted by molar-refractivity contribution is 1.18. The molecular formula is C16H10Cl3NS. The summed E-state index contributed by atoms with van der Waals surface area (Å²) < 4.78 is 0. The van der Waals surface area contributed by atoms with Gasteiger partial charge in [-0.05, 0) is 24.3 Å². The molecule has 1 nitrogen and oxygen atoms in total. The first-order valence-corrected chi connectivity index (χ1v) is 8.38. The second kappa shape index (κ2) is 6.45. The van der Waals surface area contributed by atoms with Gasteiger partial charge in [0.15, 0.2) is 0 Å². The number of pyridine rings is 1. The standard InChI is InChI=1S/C16H10Cl3NS/c17-12-6-7-13(18)16(19)11(12)9-21-15-8-5-10-3-1-2-4-14(10)20-15/h1-8H,9H2. The van der Waals surface area contributed by atoms with Crippen molar-refractivity contribution < 1.29 is 0 Å². The van der Waals surface area contributed by atoms with Crippen LogP contribution in [0.25, 0.3) is 10.9 Å². The molecule has 0 fully saturated rings. The van der Waals surface area contributed by atoms with Crippen molar-refractivity contribution in [1.82, 2.24) is 4.98 Å². The fourth-order valence-corrected chi connectivity index (χ4v) is 3.73. The predicted octanol–water partition coefficient (Wildman–Crippen LogP) is 6.49. The first-order chi connectivity index (χ1) is 10.1. The Morgan fingerprint density at radius 3 is 2.48 bits per heavy atom. The molecule has 0 saturated heterocycles. The maximum absolute atomic E-state index is 6.21. The van der Waals surface area contributed by atoms with Crippen molar-refractivity contribution in [3.05, 3.63) is 69.2 Å². The average molecular weight is 355 g/mol. The Morgan fingerprint density at radius 1 is 0.857 bits per heavy atom. The van der Waals surface area contributed by atoms with Gasteiger partial charge in [-0.1, -0.05) is 59.1 Å². The van der Waals surface area contributed by atoms with Crippen LogP contribution in [0, 0.1) is 0 Å². The zero-order valence-electron chi connectivity index (χ0n) is 10.8. The van der Waals surface area contributed by atoms with Gasteiger partial charge in [0.05, 0.1) is 20.6 Å². The third-order valence-corrected chi connectivity index (χ3v) is 5.23. The van der Waals surface area contributed by atoms with E-state index in [0.29, 0.717) is 20.8 Å². The molecule has 0 spiro atoms. The molecule has 2 aromatic carbocycles. The van der Waals surface area contributed by atoms with Gasteiger partial charge in [-0.25, -0.2) is 4.98 Å². The normalized spacial score (nSPS) is 11.0. The highest BCUT2D eigenvalue weighted by atomic mass is 35.5. The van der Waals surface area contributed by atoms with Crippen molar-refractivity contribution >= 4 is 57.5 Å². The van der Waals surface area contributed by atoms with E-state index in [1.165, 1.54) is 0 Å².